The van der Waals surface area contributed by atoms with E-state index in [-0.39, 0.29) is 6.04 Å². The van der Waals surface area contributed by atoms with Crippen molar-refractivity contribution in [3.63, 3.8) is 0 Å². The second kappa shape index (κ2) is 3.13. The normalized spacial score (nSPS) is 23.3. The van der Waals surface area contributed by atoms with Gasteiger partial charge in [0.1, 0.15) is 6.54 Å². The highest BCUT2D eigenvalue weighted by atomic mass is 16.1. The molecule has 1 aliphatic heterocycles. The molecule has 1 rings (SSSR count). The van der Waals surface area contributed by atoms with Gasteiger partial charge in [-0.1, -0.05) is 0 Å². The van der Waals surface area contributed by atoms with Crippen molar-refractivity contribution < 1.29 is 9.37 Å². The number of carbonyl (C=O) groups is 1. The number of nitrogens with zero attached hydrogens (tertiary/aromatic N) is 3. The Hall–Kier alpha value is -1.06. The molecule has 1 atom stereocenters. The Kier molecular flexibility index (Phi) is 2.35. The SMILES string of the molecule is CN(C)C1=[N+](C)C(C=O)CN1C. The monoisotopic (exact) mass is 170 g/mol. The fourth-order valence-electron chi connectivity index (χ4n) is 1.69. The Morgan fingerprint density at radius 2 is 2.25 bits per heavy atom. The highest BCUT2D eigenvalue weighted by Gasteiger charge is 2.33. The largest absolute Gasteiger partial charge is 0.350 e. The van der Waals surface area contributed by atoms with E-state index in [1.54, 1.807) is 0 Å². The molecule has 0 N–H and O–H groups in total. The van der Waals surface area contributed by atoms with Gasteiger partial charge in [-0.3, -0.25) is 19.2 Å². The minimum absolute atomic E-state index is 0.00685. The lowest BCUT2D eigenvalue weighted by Gasteiger charge is -2.12. The van der Waals surface area contributed by atoms with Crippen molar-refractivity contribution in [3.8, 4) is 0 Å². The van der Waals surface area contributed by atoms with Crippen molar-refractivity contribution in [2.75, 3.05) is 34.7 Å². The standard InChI is InChI=1S/C8H16N3O/c1-9(2)8-10(3)5-7(6-12)11(8)4/h6-7H,5H2,1-4H3/q+1. The third-order valence-electron chi connectivity index (χ3n) is 2.17. The lowest BCUT2D eigenvalue weighted by molar-refractivity contribution is -0.514. The summed E-state index contributed by atoms with van der Waals surface area (Å²) in [5.41, 5.74) is 0. The van der Waals surface area contributed by atoms with E-state index < -0.39 is 0 Å². The van der Waals surface area contributed by atoms with Gasteiger partial charge >= 0.3 is 5.96 Å². The Labute approximate surface area is 73.1 Å². The van der Waals surface area contributed by atoms with Crippen LogP contribution in [0.1, 0.15) is 0 Å². The van der Waals surface area contributed by atoms with Crippen LogP contribution < -0.4 is 0 Å². The van der Waals surface area contributed by atoms with E-state index in [0.717, 1.165) is 18.8 Å². The van der Waals surface area contributed by atoms with Gasteiger partial charge in [-0.2, -0.15) is 0 Å². The fourth-order valence-corrected chi connectivity index (χ4v) is 1.69. The molecule has 12 heavy (non-hydrogen) atoms. The zero-order valence-corrected chi connectivity index (χ0v) is 8.11. The molecular formula is C8H16N3O+. The second-order valence-corrected chi connectivity index (χ2v) is 3.39. The summed E-state index contributed by atoms with van der Waals surface area (Å²) in [6.45, 7) is 0.785. The maximum absolute atomic E-state index is 10.6. The highest BCUT2D eigenvalue weighted by Crippen LogP contribution is 2.04. The van der Waals surface area contributed by atoms with Crippen molar-refractivity contribution in [2.45, 2.75) is 6.04 Å². The summed E-state index contributed by atoms with van der Waals surface area (Å²) in [5.74, 6) is 1.09. The first-order valence-electron chi connectivity index (χ1n) is 4.01. The molecule has 4 heteroatoms. The predicted molar refractivity (Wildman–Crippen MR) is 47.4 cm³/mol. The number of hydrogen-bond donors (Lipinski definition) is 0. The molecule has 0 saturated carbocycles. The van der Waals surface area contributed by atoms with Crippen LogP contribution >= 0.6 is 0 Å². The van der Waals surface area contributed by atoms with Crippen molar-refractivity contribution in [1.82, 2.24) is 9.80 Å². The third kappa shape index (κ3) is 1.29. The summed E-state index contributed by atoms with van der Waals surface area (Å²) >= 11 is 0. The molecule has 68 valence electrons. The van der Waals surface area contributed by atoms with Crippen LogP contribution in [0.2, 0.25) is 0 Å². The number of rotatable bonds is 1. The Morgan fingerprint density at radius 3 is 2.50 bits per heavy atom. The van der Waals surface area contributed by atoms with Gasteiger partial charge in [-0.05, 0) is 0 Å². The van der Waals surface area contributed by atoms with E-state index in [9.17, 15) is 4.79 Å². The van der Waals surface area contributed by atoms with Gasteiger partial charge in [0.25, 0.3) is 0 Å². The van der Waals surface area contributed by atoms with E-state index in [2.05, 4.69) is 4.90 Å². The van der Waals surface area contributed by atoms with E-state index in [0.29, 0.717) is 0 Å². The molecule has 1 aliphatic rings. The van der Waals surface area contributed by atoms with Gasteiger partial charge in [0.2, 0.25) is 0 Å². The van der Waals surface area contributed by atoms with Gasteiger partial charge in [-0.25, -0.2) is 0 Å². The van der Waals surface area contributed by atoms with Crippen LogP contribution in [-0.2, 0) is 4.79 Å². The highest BCUT2D eigenvalue weighted by molar-refractivity contribution is 5.77. The van der Waals surface area contributed by atoms with Crippen molar-refractivity contribution >= 4 is 12.2 Å². The van der Waals surface area contributed by atoms with Crippen LogP contribution in [-0.4, -0.2) is 67.4 Å². The molecule has 0 aromatic carbocycles. The summed E-state index contributed by atoms with van der Waals surface area (Å²) in [6.07, 6.45) is 0.993. The van der Waals surface area contributed by atoms with E-state index in [4.69, 9.17) is 0 Å². The Morgan fingerprint density at radius 1 is 1.67 bits per heavy atom. The molecule has 0 bridgehead atoms. The van der Waals surface area contributed by atoms with Crippen LogP contribution in [0.3, 0.4) is 0 Å². The lowest BCUT2D eigenvalue weighted by atomic mass is 10.3. The Bertz CT molecular complexity index is 222. The topological polar surface area (TPSA) is 26.6 Å². The Balaban J connectivity index is 2.92. The summed E-state index contributed by atoms with van der Waals surface area (Å²) in [4.78, 5) is 14.7. The van der Waals surface area contributed by atoms with Gasteiger partial charge in [-0.15, -0.1) is 0 Å². The minimum Gasteiger partial charge on any atom is -0.299 e. The number of carbonyl (C=O) groups excluding carboxylic acids is 1. The van der Waals surface area contributed by atoms with Gasteiger partial charge in [0, 0.05) is 0 Å². The van der Waals surface area contributed by atoms with Gasteiger partial charge < -0.3 is 0 Å². The van der Waals surface area contributed by atoms with Crippen LogP contribution in [0, 0.1) is 0 Å². The zero-order valence-electron chi connectivity index (χ0n) is 8.11. The van der Waals surface area contributed by atoms with Crippen LogP contribution in [0.25, 0.3) is 0 Å². The molecule has 0 spiro atoms. The molecule has 0 saturated heterocycles. The quantitative estimate of drug-likeness (QED) is 0.375. The van der Waals surface area contributed by atoms with Gasteiger partial charge in [0.15, 0.2) is 12.3 Å². The average molecular weight is 170 g/mol. The molecule has 0 radical (unpaired) electrons. The van der Waals surface area contributed by atoms with Crippen LogP contribution in [0.15, 0.2) is 0 Å². The summed E-state index contributed by atoms with van der Waals surface area (Å²) in [6, 6.07) is 0.00685. The van der Waals surface area contributed by atoms with Crippen molar-refractivity contribution in [3.05, 3.63) is 0 Å². The maximum Gasteiger partial charge on any atom is 0.350 e. The van der Waals surface area contributed by atoms with E-state index >= 15 is 0 Å². The van der Waals surface area contributed by atoms with Crippen LogP contribution in [0.4, 0.5) is 0 Å². The predicted octanol–water partition coefficient (Wildman–Crippen LogP) is -0.941. The van der Waals surface area contributed by atoms with E-state index in [1.807, 2.05) is 37.7 Å². The first kappa shape index (κ1) is 9.03. The number of guanidine groups is 1. The van der Waals surface area contributed by atoms with E-state index in [1.165, 1.54) is 0 Å². The smallest absolute Gasteiger partial charge is 0.299 e. The zero-order chi connectivity index (χ0) is 9.30. The molecule has 0 amide bonds. The second-order valence-electron chi connectivity index (χ2n) is 3.39. The number of hydrogen-bond acceptors (Lipinski definition) is 3. The molecule has 0 aliphatic carbocycles. The molecule has 1 heterocycles. The molecule has 1 unspecified atom stereocenters. The first-order chi connectivity index (χ1) is 5.57. The fraction of sp³-hybridized carbons (Fsp3) is 0.750. The average Bonchev–Trinajstić information content (AvgIpc) is 2.25. The molecule has 0 fully saturated rings. The maximum atomic E-state index is 10.6. The minimum atomic E-state index is 0.00685. The molecule has 0 aromatic heterocycles. The van der Waals surface area contributed by atoms with Crippen molar-refractivity contribution in [2.24, 2.45) is 0 Å². The van der Waals surface area contributed by atoms with Crippen LogP contribution in [0.5, 0.6) is 0 Å². The number of likely N-dealkylation sites (N-methyl/N-ethyl adjacent to an activating group) is 2. The number of aldehydes is 1. The summed E-state index contributed by atoms with van der Waals surface area (Å²) < 4.78 is 1.99. The summed E-state index contributed by atoms with van der Waals surface area (Å²) in [5, 5.41) is 0. The molecular weight excluding hydrogens is 154 g/mol. The first-order valence-corrected chi connectivity index (χ1v) is 4.01. The molecule has 0 aromatic rings. The third-order valence-corrected chi connectivity index (χ3v) is 2.17. The summed E-state index contributed by atoms with van der Waals surface area (Å²) in [7, 11) is 7.90. The lowest BCUT2D eigenvalue weighted by Crippen LogP contribution is -2.37. The van der Waals surface area contributed by atoms with Gasteiger partial charge in [0.05, 0.1) is 28.2 Å². The molecule has 4 nitrogen and oxygen atoms in total. The van der Waals surface area contributed by atoms with Crippen molar-refractivity contribution in [1.29, 1.82) is 0 Å².